The standard InChI is InChI=1S/C22H31FN2O4/c1-14-10-17-13-22(11-14,12-15(2)19(17)29-28)21(27)25-9-3-8-24-20(26)16-4-6-18(23)7-5-16/h4-7,14-15,17,19,28H,3,8-13H2,1-2H3,(H,24,26)(H,25,27)/t14?,15?,17?,19-,22?/m0/s1. The minimum Gasteiger partial charge on any atom is -0.356 e. The van der Waals surface area contributed by atoms with E-state index in [1.807, 2.05) is 6.92 Å². The van der Waals surface area contributed by atoms with Gasteiger partial charge in [0.25, 0.3) is 5.91 Å². The second-order valence-electron chi connectivity index (χ2n) is 8.91. The van der Waals surface area contributed by atoms with Crippen molar-refractivity contribution in [3.8, 4) is 0 Å². The molecular formula is C22H31FN2O4. The molecule has 2 saturated carbocycles. The molecule has 0 saturated heterocycles. The third-order valence-corrected chi connectivity index (χ3v) is 6.47. The SMILES string of the molecule is CC1CC2CC(C(=O)NCCCNC(=O)c3ccc(F)cc3)(C1)CC(C)[C@@H]2OO. The highest BCUT2D eigenvalue weighted by atomic mass is 19.1. The molecule has 2 aliphatic rings. The van der Waals surface area contributed by atoms with Crippen molar-refractivity contribution in [2.75, 3.05) is 13.1 Å². The van der Waals surface area contributed by atoms with Crippen molar-refractivity contribution < 1.29 is 24.1 Å². The Morgan fingerprint density at radius 2 is 1.83 bits per heavy atom. The number of hydrogen-bond acceptors (Lipinski definition) is 4. The number of carbonyl (C=O) groups excluding carboxylic acids is 2. The quantitative estimate of drug-likeness (QED) is 0.368. The molecular weight excluding hydrogens is 375 g/mol. The molecule has 0 radical (unpaired) electrons. The highest BCUT2D eigenvalue weighted by molar-refractivity contribution is 5.94. The van der Waals surface area contributed by atoms with Crippen LogP contribution in [0.4, 0.5) is 4.39 Å². The highest BCUT2D eigenvalue weighted by Crippen LogP contribution is 2.53. The molecule has 0 aromatic heterocycles. The van der Waals surface area contributed by atoms with Crippen LogP contribution in [-0.2, 0) is 9.68 Å². The van der Waals surface area contributed by atoms with Gasteiger partial charge in [0.1, 0.15) is 5.82 Å². The maximum absolute atomic E-state index is 13.0. The molecule has 2 amide bonds. The number of nitrogens with one attached hydrogen (secondary N) is 2. The van der Waals surface area contributed by atoms with Crippen molar-refractivity contribution >= 4 is 11.8 Å². The second-order valence-corrected chi connectivity index (χ2v) is 8.91. The minimum absolute atomic E-state index is 0.0714. The van der Waals surface area contributed by atoms with E-state index in [9.17, 15) is 19.2 Å². The Kier molecular flexibility index (Phi) is 6.90. The molecule has 0 aliphatic heterocycles. The zero-order chi connectivity index (χ0) is 21.0. The molecule has 1 aromatic carbocycles. The summed E-state index contributed by atoms with van der Waals surface area (Å²) in [6, 6.07) is 5.40. The summed E-state index contributed by atoms with van der Waals surface area (Å²) in [6.07, 6.45) is 3.72. The zero-order valence-electron chi connectivity index (χ0n) is 17.1. The molecule has 0 spiro atoms. The summed E-state index contributed by atoms with van der Waals surface area (Å²) in [5.41, 5.74) is 0.0159. The van der Waals surface area contributed by atoms with E-state index in [1.165, 1.54) is 24.3 Å². The molecule has 2 fully saturated rings. The molecule has 160 valence electrons. The number of hydrogen-bond donors (Lipinski definition) is 3. The number of amides is 2. The summed E-state index contributed by atoms with van der Waals surface area (Å²) in [6.45, 7) is 5.11. The van der Waals surface area contributed by atoms with Gasteiger partial charge in [-0.1, -0.05) is 13.8 Å². The van der Waals surface area contributed by atoms with Crippen molar-refractivity contribution in [3.05, 3.63) is 35.6 Å². The first-order valence-electron chi connectivity index (χ1n) is 10.5. The Labute approximate surface area is 171 Å². The minimum atomic E-state index is -0.395. The topological polar surface area (TPSA) is 87.7 Å². The van der Waals surface area contributed by atoms with Gasteiger partial charge in [-0.3, -0.25) is 14.8 Å². The monoisotopic (exact) mass is 406 g/mol. The summed E-state index contributed by atoms with van der Waals surface area (Å²) in [4.78, 5) is 29.8. The first kappa shape index (κ1) is 21.7. The maximum Gasteiger partial charge on any atom is 0.251 e. The number of benzene rings is 1. The fourth-order valence-electron chi connectivity index (χ4n) is 5.40. The van der Waals surface area contributed by atoms with Crippen LogP contribution in [0, 0.1) is 29.0 Å². The maximum atomic E-state index is 13.0. The molecule has 6 nitrogen and oxygen atoms in total. The molecule has 4 unspecified atom stereocenters. The number of fused-ring (bicyclic) bond motifs is 2. The van der Waals surface area contributed by atoms with Gasteiger partial charge in [-0.05, 0) is 74.1 Å². The first-order chi connectivity index (χ1) is 13.8. The first-order valence-corrected chi connectivity index (χ1v) is 10.5. The van der Waals surface area contributed by atoms with Crippen molar-refractivity contribution in [1.29, 1.82) is 0 Å². The van der Waals surface area contributed by atoms with Gasteiger partial charge in [0.2, 0.25) is 5.91 Å². The van der Waals surface area contributed by atoms with Gasteiger partial charge in [0.05, 0.1) is 11.5 Å². The largest absolute Gasteiger partial charge is 0.356 e. The van der Waals surface area contributed by atoms with Crippen LogP contribution in [0.2, 0.25) is 0 Å². The van der Waals surface area contributed by atoms with Crippen molar-refractivity contribution in [2.45, 2.75) is 52.1 Å². The van der Waals surface area contributed by atoms with E-state index in [4.69, 9.17) is 4.89 Å². The molecule has 2 aliphatic carbocycles. The molecule has 2 bridgehead atoms. The van der Waals surface area contributed by atoms with E-state index in [0.717, 1.165) is 19.3 Å². The molecule has 29 heavy (non-hydrogen) atoms. The van der Waals surface area contributed by atoms with Gasteiger partial charge < -0.3 is 10.6 Å². The van der Waals surface area contributed by atoms with E-state index in [-0.39, 0.29) is 35.6 Å². The van der Waals surface area contributed by atoms with Crippen LogP contribution in [0.5, 0.6) is 0 Å². The van der Waals surface area contributed by atoms with Gasteiger partial charge in [0.15, 0.2) is 0 Å². The predicted octanol–water partition coefficient (Wildman–Crippen LogP) is 3.38. The molecule has 0 heterocycles. The van der Waals surface area contributed by atoms with Crippen LogP contribution >= 0.6 is 0 Å². The van der Waals surface area contributed by atoms with Crippen LogP contribution in [-0.4, -0.2) is 36.3 Å². The third kappa shape index (κ3) is 4.95. The van der Waals surface area contributed by atoms with Gasteiger partial charge in [0, 0.05) is 18.7 Å². The van der Waals surface area contributed by atoms with Crippen molar-refractivity contribution in [2.24, 2.45) is 23.2 Å². The Morgan fingerprint density at radius 3 is 2.52 bits per heavy atom. The Bertz CT molecular complexity index is 722. The summed E-state index contributed by atoms with van der Waals surface area (Å²) < 4.78 is 12.9. The van der Waals surface area contributed by atoms with Crippen LogP contribution < -0.4 is 10.6 Å². The van der Waals surface area contributed by atoms with E-state index in [1.54, 1.807) is 0 Å². The lowest BCUT2D eigenvalue weighted by Gasteiger charge is -2.51. The number of carbonyl (C=O) groups is 2. The zero-order valence-corrected chi connectivity index (χ0v) is 17.1. The van der Waals surface area contributed by atoms with Crippen LogP contribution in [0.25, 0.3) is 0 Å². The normalized spacial score (nSPS) is 31.2. The lowest BCUT2D eigenvalue weighted by atomic mass is 9.55. The van der Waals surface area contributed by atoms with Crippen LogP contribution in [0.15, 0.2) is 24.3 Å². The second kappa shape index (κ2) is 9.22. The van der Waals surface area contributed by atoms with Crippen LogP contribution in [0.3, 0.4) is 0 Å². The predicted molar refractivity (Wildman–Crippen MR) is 107 cm³/mol. The average molecular weight is 406 g/mol. The van der Waals surface area contributed by atoms with Crippen LogP contribution in [0.1, 0.15) is 56.3 Å². The van der Waals surface area contributed by atoms with Gasteiger partial charge in [-0.15, -0.1) is 0 Å². The van der Waals surface area contributed by atoms with Gasteiger partial charge in [-0.25, -0.2) is 9.28 Å². The molecule has 3 N–H and O–H groups in total. The number of halogens is 1. The smallest absolute Gasteiger partial charge is 0.251 e. The molecule has 7 heteroatoms. The fraction of sp³-hybridized carbons (Fsp3) is 0.636. The van der Waals surface area contributed by atoms with Crippen molar-refractivity contribution in [3.63, 3.8) is 0 Å². The number of rotatable bonds is 7. The lowest BCUT2D eigenvalue weighted by Crippen LogP contribution is -2.54. The summed E-state index contributed by atoms with van der Waals surface area (Å²) >= 11 is 0. The Balaban J connectivity index is 1.46. The van der Waals surface area contributed by atoms with E-state index < -0.39 is 5.41 Å². The Hall–Kier alpha value is -1.99. The average Bonchev–Trinajstić information content (AvgIpc) is 2.67. The molecule has 3 rings (SSSR count). The molecule has 1 aromatic rings. The van der Waals surface area contributed by atoms with E-state index in [0.29, 0.717) is 37.4 Å². The highest BCUT2D eigenvalue weighted by Gasteiger charge is 2.53. The van der Waals surface area contributed by atoms with Gasteiger partial charge >= 0.3 is 0 Å². The lowest BCUT2D eigenvalue weighted by molar-refractivity contribution is -0.315. The summed E-state index contributed by atoms with van der Waals surface area (Å²) in [5.74, 6) is 0.189. The third-order valence-electron chi connectivity index (χ3n) is 6.47. The van der Waals surface area contributed by atoms with E-state index >= 15 is 0 Å². The summed E-state index contributed by atoms with van der Waals surface area (Å²) in [7, 11) is 0. The Morgan fingerprint density at radius 1 is 1.14 bits per heavy atom. The molecule has 5 atom stereocenters. The summed E-state index contributed by atoms with van der Waals surface area (Å²) in [5, 5.41) is 15.1. The van der Waals surface area contributed by atoms with Crippen molar-refractivity contribution in [1.82, 2.24) is 10.6 Å². The van der Waals surface area contributed by atoms with Gasteiger partial charge in [-0.2, -0.15) is 0 Å². The van der Waals surface area contributed by atoms with E-state index in [2.05, 4.69) is 17.6 Å². The fourth-order valence-corrected chi connectivity index (χ4v) is 5.40.